The molecule has 1 aromatic heterocycles. The topological polar surface area (TPSA) is 50.7 Å². The number of benzene rings is 1. The second-order valence-corrected chi connectivity index (χ2v) is 6.17. The normalized spacial score (nSPS) is 12.1. The SMILES string of the molecule is CC(=NOCC(=O)NCCc1cccc(C(F)(F)F)c1)c1cccs1. The van der Waals surface area contributed by atoms with Crippen LogP contribution >= 0.6 is 11.3 Å². The highest BCUT2D eigenvalue weighted by atomic mass is 32.1. The molecule has 0 bridgehead atoms. The molecule has 1 amide bonds. The van der Waals surface area contributed by atoms with Gasteiger partial charge in [0.05, 0.1) is 16.2 Å². The van der Waals surface area contributed by atoms with E-state index in [0.29, 0.717) is 17.7 Å². The third-order valence-corrected chi connectivity index (χ3v) is 4.24. The van der Waals surface area contributed by atoms with Crippen molar-refractivity contribution in [1.29, 1.82) is 0 Å². The van der Waals surface area contributed by atoms with Crippen LogP contribution in [0.5, 0.6) is 0 Å². The van der Waals surface area contributed by atoms with Gasteiger partial charge in [-0.25, -0.2) is 0 Å². The van der Waals surface area contributed by atoms with Crippen molar-refractivity contribution in [2.45, 2.75) is 19.5 Å². The molecule has 0 aliphatic heterocycles. The van der Waals surface area contributed by atoms with Crippen molar-refractivity contribution in [2.24, 2.45) is 5.16 Å². The van der Waals surface area contributed by atoms with E-state index in [2.05, 4.69) is 10.5 Å². The van der Waals surface area contributed by atoms with Crippen LogP contribution in [0.1, 0.15) is 22.9 Å². The van der Waals surface area contributed by atoms with Crippen LogP contribution in [0.15, 0.2) is 46.9 Å². The van der Waals surface area contributed by atoms with Crippen LogP contribution in [0.2, 0.25) is 0 Å². The van der Waals surface area contributed by atoms with E-state index in [4.69, 9.17) is 4.84 Å². The first-order chi connectivity index (χ1) is 11.9. The summed E-state index contributed by atoms with van der Waals surface area (Å²) < 4.78 is 37.9. The lowest BCUT2D eigenvalue weighted by atomic mass is 10.1. The van der Waals surface area contributed by atoms with Gasteiger partial charge in [-0.1, -0.05) is 29.4 Å². The number of oxime groups is 1. The number of amides is 1. The highest BCUT2D eigenvalue weighted by molar-refractivity contribution is 7.12. The van der Waals surface area contributed by atoms with Gasteiger partial charge in [-0.2, -0.15) is 13.2 Å². The van der Waals surface area contributed by atoms with Crippen LogP contribution in [0.4, 0.5) is 13.2 Å². The van der Waals surface area contributed by atoms with Gasteiger partial charge in [-0.3, -0.25) is 4.79 Å². The maximum atomic E-state index is 12.6. The van der Waals surface area contributed by atoms with Crippen molar-refractivity contribution < 1.29 is 22.8 Å². The Kier molecular flexibility index (Phi) is 6.58. The Morgan fingerprint density at radius 3 is 2.76 bits per heavy atom. The molecule has 1 aromatic carbocycles. The molecular weight excluding hydrogens is 353 g/mol. The Balaban J connectivity index is 1.73. The molecule has 0 fully saturated rings. The lowest BCUT2D eigenvalue weighted by Gasteiger charge is -2.09. The fourth-order valence-corrected chi connectivity index (χ4v) is 2.69. The number of nitrogens with one attached hydrogen (secondary N) is 1. The van der Waals surface area contributed by atoms with E-state index < -0.39 is 11.7 Å². The second kappa shape index (κ2) is 8.66. The molecule has 0 radical (unpaired) electrons. The summed E-state index contributed by atoms with van der Waals surface area (Å²) in [6.07, 6.45) is -4.07. The minimum Gasteiger partial charge on any atom is -0.385 e. The smallest absolute Gasteiger partial charge is 0.385 e. The van der Waals surface area contributed by atoms with Crippen molar-refractivity contribution in [3.8, 4) is 0 Å². The van der Waals surface area contributed by atoms with Crippen LogP contribution in [0.25, 0.3) is 0 Å². The summed E-state index contributed by atoms with van der Waals surface area (Å²) in [4.78, 5) is 17.6. The summed E-state index contributed by atoms with van der Waals surface area (Å²) in [5, 5.41) is 8.35. The summed E-state index contributed by atoms with van der Waals surface area (Å²) in [6, 6.07) is 8.82. The monoisotopic (exact) mass is 370 g/mol. The molecular formula is C17H17F3N2O2S. The number of halogens is 3. The van der Waals surface area contributed by atoms with Gasteiger partial charge < -0.3 is 10.2 Å². The largest absolute Gasteiger partial charge is 0.416 e. The summed E-state index contributed by atoms with van der Waals surface area (Å²) in [6.45, 7) is 1.75. The van der Waals surface area contributed by atoms with Gasteiger partial charge in [0.2, 0.25) is 0 Å². The van der Waals surface area contributed by atoms with Crippen molar-refractivity contribution >= 4 is 23.0 Å². The molecule has 25 heavy (non-hydrogen) atoms. The number of alkyl halides is 3. The van der Waals surface area contributed by atoms with E-state index in [1.165, 1.54) is 17.4 Å². The zero-order chi connectivity index (χ0) is 18.3. The van der Waals surface area contributed by atoms with E-state index in [0.717, 1.165) is 17.0 Å². The molecule has 1 N–H and O–H groups in total. The maximum absolute atomic E-state index is 12.6. The third-order valence-electron chi connectivity index (χ3n) is 3.27. The van der Waals surface area contributed by atoms with E-state index in [1.807, 2.05) is 17.5 Å². The van der Waals surface area contributed by atoms with Gasteiger partial charge in [-0.05, 0) is 36.4 Å². The number of hydrogen-bond acceptors (Lipinski definition) is 4. The molecule has 2 aromatic rings. The van der Waals surface area contributed by atoms with Gasteiger partial charge in [0, 0.05) is 6.54 Å². The average molecular weight is 370 g/mol. The van der Waals surface area contributed by atoms with Crippen molar-refractivity contribution in [3.05, 3.63) is 57.8 Å². The first kappa shape index (κ1) is 19.0. The number of carbonyl (C=O) groups is 1. The fraction of sp³-hybridized carbons (Fsp3) is 0.294. The highest BCUT2D eigenvalue weighted by Gasteiger charge is 2.30. The molecule has 0 saturated carbocycles. The van der Waals surface area contributed by atoms with Crippen molar-refractivity contribution in [3.63, 3.8) is 0 Å². The molecule has 134 valence electrons. The first-order valence-corrected chi connectivity index (χ1v) is 8.37. The number of hydrogen-bond donors (Lipinski definition) is 1. The molecule has 2 rings (SSSR count). The van der Waals surface area contributed by atoms with Crippen LogP contribution in [-0.2, 0) is 22.2 Å². The third kappa shape index (κ3) is 6.22. The Morgan fingerprint density at radius 1 is 1.28 bits per heavy atom. The predicted octanol–water partition coefficient (Wildman–Crippen LogP) is 3.87. The lowest BCUT2D eigenvalue weighted by Crippen LogP contribution is -2.29. The molecule has 8 heteroatoms. The van der Waals surface area contributed by atoms with Gasteiger partial charge in [-0.15, -0.1) is 11.3 Å². The van der Waals surface area contributed by atoms with Crippen LogP contribution in [0.3, 0.4) is 0 Å². The maximum Gasteiger partial charge on any atom is 0.416 e. The number of nitrogens with zero attached hydrogens (tertiary/aromatic N) is 1. The number of carbonyl (C=O) groups excluding carboxylic acids is 1. The van der Waals surface area contributed by atoms with E-state index in [1.54, 1.807) is 13.0 Å². The van der Waals surface area contributed by atoms with Crippen molar-refractivity contribution in [2.75, 3.05) is 13.2 Å². The van der Waals surface area contributed by atoms with Gasteiger partial charge >= 0.3 is 6.18 Å². The standard InChI is InChI=1S/C17H17F3N2O2S/c1-12(15-6-3-9-25-15)22-24-11-16(23)21-8-7-13-4-2-5-14(10-13)17(18,19)20/h2-6,9-10H,7-8,11H2,1H3,(H,21,23). The van der Waals surface area contributed by atoms with Crippen LogP contribution < -0.4 is 5.32 Å². The Bertz CT molecular complexity index is 728. The van der Waals surface area contributed by atoms with E-state index in [-0.39, 0.29) is 19.1 Å². The summed E-state index contributed by atoms with van der Waals surface area (Å²) >= 11 is 1.51. The molecule has 1 heterocycles. The number of thiophene rings is 1. The summed E-state index contributed by atoms with van der Waals surface area (Å²) in [5.74, 6) is -0.380. The summed E-state index contributed by atoms with van der Waals surface area (Å²) in [7, 11) is 0. The van der Waals surface area contributed by atoms with Gasteiger partial charge in [0.25, 0.3) is 5.91 Å². The zero-order valence-electron chi connectivity index (χ0n) is 13.5. The minimum absolute atomic E-state index is 0.219. The highest BCUT2D eigenvalue weighted by Crippen LogP contribution is 2.29. The van der Waals surface area contributed by atoms with E-state index in [9.17, 15) is 18.0 Å². The van der Waals surface area contributed by atoms with Crippen molar-refractivity contribution in [1.82, 2.24) is 5.32 Å². The molecule has 0 spiro atoms. The molecule has 0 saturated heterocycles. The molecule has 0 aliphatic rings. The predicted molar refractivity (Wildman–Crippen MR) is 90.6 cm³/mol. The molecule has 0 unspecified atom stereocenters. The van der Waals surface area contributed by atoms with Gasteiger partial charge in [0.15, 0.2) is 6.61 Å². The molecule has 0 aliphatic carbocycles. The molecule has 4 nitrogen and oxygen atoms in total. The minimum atomic E-state index is -4.37. The second-order valence-electron chi connectivity index (χ2n) is 5.23. The Morgan fingerprint density at radius 2 is 2.08 bits per heavy atom. The van der Waals surface area contributed by atoms with Crippen LogP contribution in [-0.4, -0.2) is 24.8 Å². The Hall–Kier alpha value is -2.35. The van der Waals surface area contributed by atoms with E-state index >= 15 is 0 Å². The zero-order valence-corrected chi connectivity index (χ0v) is 14.3. The number of rotatable bonds is 7. The fourth-order valence-electron chi connectivity index (χ4n) is 2.02. The average Bonchev–Trinajstić information content (AvgIpc) is 3.09. The molecule has 0 atom stereocenters. The Labute approximate surface area is 147 Å². The van der Waals surface area contributed by atoms with Gasteiger partial charge in [0.1, 0.15) is 0 Å². The quantitative estimate of drug-likeness (QED) is 0.594. The van der Waals surface area contributed by atoms with Crippen LogP contribution in [0, 0.1) is 0 Å². The summed E-state index contributed by atoms with van der Waals surface area (Å²) in [5.41, 5.74) is 0.479. The first-order valence-electron chi connectivity index (χ1n) is 7.49. The lowest BCUT2D eigenvalue weighted by molar-refractivity contribution is -0.137.